The summed E-state index contributed by atoms with van der Waals surface area (Å²) in [5.74, 6) is -1.90. The summed E-state index contributed by atoms with van der Waals surface area (Å²) in [6.45, 7) is 0. The fourth-order valence-corrected chi connectivity index (χ4v) is 1.77. The molecule has 0 aliphatic carbocycles. The molecule has 96 valence electrons. The Morgan fingerprint density at radius 1 is 1.18 bits per heavy atom. The lowest BCUT2D eigenvalue weighted by Crippen LogP contribution is -2.18. The van der Waals surface area contributed by atoms with E-state index in [9.17, 15) is 22.0 Å². The molecule has 0 fully saturated rings. The van der Waals surface area contributed by atoms with Crippen LogP contribution >= 0.6 is 15.9 Å². The second kappa shape index (κ2) is 5.30. The molecule has 0 aliphatic rings. The van der Waals surface area contributed by atoms with Crippen LogP contribution in [0.2, 0.25) is 0 Å². The molecule has 7 heteroatoms. The van der Waals surface area contributed by atoms with Crippen molar-refractivity contribution in [1.82, 2.24) is 0 Å². The first-order valence-electron chi connectivity index (χ1n) is 4.67. The average Bonchev–Trinajstić information content (AvgIpc) is 2.11. The van der Waals surface area contributed by atoms with Crippen molar-refractivity contribution in [3.63, 3.8) is 0 Å². The van der Waals surface area contributed by atoms with Gasteiger partial charge in [0, 0.05) is 22.5 Å². The number of nitrogens with two attached hydrogens (primary N) is 1. The van der Waals surface area contributed by atoms with Gasteiger partial charge in [0.1, 0.15) is 11.6 Å². The van der Waals surface area contributed by atoms with E-state index in [0.717, 1.165) is 12.1 Å². The highest BCUT2D eigenvalue weighted by Crippen LogP contribution is 2.30. The van der Waals surface area contributed by atoms with Crippen molar-refractivity contribution in [3.8, 4) is 0 Å². The van der Waals surface area contributed by atoms with E-state index in [-0.39, 0.29) is 4.47 Å². The van der Waals surface area contributed by atoms with Crippen molar-refractivity contribution in [2.45, 2.75) is 25.1 Å². The lowest BCUT2D eigenvalue weighted by atomic mass is 10.0. The minimum atomic E-state index is -4.39. The molecular weight excluding hydrogens is 309 g/mol. The molecule has 1 aromatic rings. The first-order valence-corrected chi connectivity index (χ1v) is 5.47. The van der Waals surface area contributed by atoms with E-state index in [4.69, 9.17) is 5.73 Å². The first-order chi connectivity index (χ1) is 7.70. The Hall–Kier alpha value is -0.690. The maximum atomic E-state index is 13.4. The Bertz CT molecular complexity index is 381. The maximum absolute atomic E-state index is 13.4. The Morgan fingerprint density at radius 3 is 2.06 bits per heavy atom. The summed E-state index contributed by atoms with van der Waals surface area (Å²) >= 11 is 2.87. The second-order valence-electron chi connectivity index (χ2n) is 3.54. The molecule has 1 atom stereocenters. The van der Waals surface area contributed by atoms with Crippen molar-refractivity contribution in [3.05, 3.63) is 33.8 Å². The van der Waals surface area contributed by atoms with Crippen molar-refractivity contribution in [2.24, 2.45) is 5.73 Å². The fourth-order valence-electron chi connectivity index (χ4n) is 1.37. The molecule has 1 unspecified atom stereocenters. The van der Waals surface area contributed by atoms with Crippen LogP contribution in [0.25, 0.3) is 0 Å². The third-order valence-corrected chi connectivity index (χ3v) is 2.61. The van der Waals surface area contributed by atoms with Gasteiger partial charge in [-0.15, -0.1) is 0 Å². The van der Waals surface area contributed by atoms with Gasteiger partial charge in [-0.2, -0.15) is 13.2 Å². The SMILES string of the molecule is NC(CCC(F)(F)F)c1c(F)cc(Br)cc1F. The highest BCUT2D eigenvalue weighted by Gasteiger charge is 2.29. The maximum Gasteiger partial charge on any atom is 0.389 e. The van der Waals surface area contributed by atoms with Crippen molar-refractivity contribution in [1.29, 1.82) is 0 Å². The molecule has 0 saturated heterocycles. The van der Waals surface area contributed by atoms with E-state index in [0.29, 0.717) is 0 Å². The normalized spacial score (nSPS) is 13.8. The van der Waals surface area contributed by atoms with Gasteiger partial charge in [0.2, 0.25) is 0 Å². The average molecular weight is 318 g/mol. The van der Waals surface area contributed by atoms with E-state index in [2.05, 4.69) is 15.9 Å². The Balaban J connectivity index is 2.86. The van der Waals surface area contributed by atoms with Crippen molar-refractivity contribution in [2.75, 3.05) is 0 Å². The smallest absolute Gasteiger partial charge is 0.324 e. The molecule has 1 nitrogen and oxygen atoms in total. The number of alkyl halides is 3. The molecule has 0 bridgehead atoms. The first kappa shape index (κ1) is 14.4. The third kappa shape index (κ3) is 4.23. The predicted molar refractivity (Wildman–Crippen MR) is 56.3 cm³/mol. The van der Waals surface area contributed by atoms with E-state index >= 15 is 0 Å². The summed E-state index contributed by atoms with van der Waals surface area (Å²) in [6.07, 6.45) is -6.12. The van der Waals surface area contributed by atoms with Crippen LogP contribution in [0.3, 0.4) is 0 Å². The van der Waals surface area contributed by atoms with Gasteiger partial charge in [0.05, 0.1) is 0 Å². The van der Waals surface area contributed by atoms with Gasteiger partial charge in [-0.3, -0.25) is 0 Å². The standard InChI is InChI=1S/C10H9BrF5N/c11-5-3-6(12)9(7(13)4-5)8(17)1-2-10(14,15)16/h3-4,8H,1-2,17H2. The number of rotatable bonds is 3. The van der Waals surface area contributed by atoms with Crippen LogP contribution < -0.4 is 5.73 Å². The molecule has 1 aromatic carbocycles. The fraction of sp³-hybridized carbons (Fsp3) is 0.400. The molecule has 0 radical (unpaired) electrons. The molecular formula is C10H9BrF5N. The van der Waals surface area contributed by atoms with Crippen molar-refractivity contribution >= 4 is 15.9 Å². The predicted octanol–water partition coefficient (Wildman–Crippen LogP) is 4.07. The van der Waals surface area contributed by atoms with E-state index in [1.54, 1.807) is 0 Å². The van der Waals surface area contributed by atoms with Gasteiger partial charge in [0.15, 0.2) is 0 Å². The summed E-state index contributed by atoms with van der Waals surface area (Å²) in [7, 11) is 0. The zero-order valence-corrected chi connectivity index (χ0v) is 10.1. The number of halogens is 6. The molecule has 0 heterocycles. The molecule has 0 aromatic heterocycles. The topological polar surface area (TPSA) is 26.0 Å². The Labute approximate surface area is 103 Å². The minimum absolute atomic E-state index is 0.166. The van der Waals surface area contributed by atoms with Gasteiger partial charge >= 0.3 is 6.18 Å². The summed E-state index contributed by atoms with van der Waals surface area (Å²) < 4.78 is 62.7. The highest BCUT2D eigenvalue weighted by atomic mass is 79.9. The zero-order valence-electron chi connectivity index (χ0n) is 8.49. The molecule has 2 N–H and O–H groups in total. The van der Waals surface area contributed by atoms with Crippen LogP contribution in [0.4, 0.5) is 22.0 Å². The Morgan fingerprint density at radius 2 is 1.65 bits per heavy atom. The summed E-state index contributed by atoms with van der Waals surface area (Å²) in [6, 6.07) is 0.613. The lowest BCUT2D eigenvalue weighted by molar-refractivity contribution is -0.136. The number of benzene rings is 1. The highest BCUT2D eigenvalue weighted by molar-refractivity contribution is 9.10. The largest absolute Gasteiger partial charge is 0.389 e. The molecule has 1 rings (SSSR count). The lowest BCUT2D eigenvalue weighted by Gasteiger charge is -2.15. The van der Waals surface area contributed by atoms with Gasteiger partial charge in [-0.1, -0.05) is 15.9 Å². The van der Waals surface area contributed by atoms with Gasteiger partial charge < -0.3 is 5.73 Å². The monoisotopic (exact) mass is 317 g/mol. The second-order valence-corrected chi connectivity index (χ2v) is 4.46. The Kier molecular flexibility index (Phi) is 4.48. The number of hydrogen-bond acceptors (Lipinski definition) is 1. The van der Waals surface area contributed by atoms with Crippen LogP contribution in [0, 0.1) is 11.6 Å². The van der Waals surface area contributed by atoms with Gasteiger partial charge in [-0.05, 0) is 18.6 Å². The summed E-state index contributed by atoms with van der Waals surface area (Å²) in [4.78, 5) is 0. The van der Waals surface area contributed by atoms with Crippen LogP contribution in [-0.2, 0) is 0 Å². The molecule has 0 spiro atoms. The minimum Gasteiger partial charge on any atom is -0.324 e. The molecule has 0 aliphatic heterocycles. The molecule has 0 amide bonds. The molecule has 17 heavy (non-hydrogen) atoms. The van der Waals surface area contributed by atoms with Crippen molar-refractivity contribution < 1.29 is 22.0 Å². The molecule has 0 saturated carbocycles. The van der Waals surface area contributed by atoms with Crippen LogP contribution in [-0.4, -0.2) is 6.18 Å². The van der Waals surface area contributed by atoms with E-state index in [1.165, 1.54) is 0 Å². The summed E-state index contributed by atoms with van der Waals surface area (Å²) in [5, 5.41) is 0. The van der Waals surface area contributed by atoms with Crippen LogP contribution in [0.1, 0.15) is 24.4 Å². The van der Waals surface area contributed by atoms with Crippen LogP contribution in [0.15, 0.2) is 16.6 Å². The number of hydrogen-bond donors (Lipinski definition) is 1. The van der Waals surface area contributed by atoms with Gasteiger partial charge in [0.25, 0.3) is 0 Å². The van der Waals surface area contributed by atoms with Gasteiger partial charge in [-0.25, -0.2) is 8.78 Å². The van der Waals surface area contributed by atoms with Crippen LogP contribution in [0.5, 0.6) is 0 Å². The summed E-state index contributed by atoms with van der Waals surface area (Å²) in [5.41, 5.74) is 4.84. The quantitative estimate of drug-likeness (QED) is 0.836. The van der Waals surface area contributed by atoms with E-state index < -0.39 is 42.3 Å². The van der Waals surface area contributed by atoms with E-state index in [1.807, 2.05) is 0 Å². The zero-order chi connectivity index (χ0) is 13.2. The third-order valence-electron chi connectivity index (χ3n) is 2.15.